The molecule has 4 bridgehead atoms. The van der Waals surface area contributed by atoms with Crippen molar-refractivity contribution in [2.24, 2.45) is 0 Å². The number of esters is 8. The minimum atomic E-state index is -0.418. The van der Waals surface area contributed by atoms with Crippen molar-refractivity contribution < 1.29 is 95.4 Å². The molecular weight excluding hydrogens is 1590 g/mol. The summed E-state index contributed by atoms with van der Waals surface area (Å²) >= 11 is 0. The molecule has 0 aliphatic heterocycles. The molecule has 0 fully saturated rings. The van der Waals surface area contributed by atoms with Gasteiger partial charge in [0.1, 0.15) is 0 Å². The number of unbranched alkanes of at least 4 members (excludes halogenated alkanes) is 20. The van der Waals surface area contributed by atoms with Gasteiger partial charge >= 0.3 is 47.8 Å². The molecule has 6 aliphatic rings. The molecular formula is C96H140N8O20. The van der Waals surface area contributed by atoms with E-state index in [4.69, 9.17) is 37.9 Å². The largest absolute Gasteiger partial charge is 0.469 e. The Labute approximate surface area is 734 Å². The van der Waals surface area contributed by atoms with Crippen molar-refractivity contribution >= 4 is 71.4 Å². The quantitative estimate of drug-likeness (QED) is 0.0181. The van der Waals surface area contributed by atoms with Crippen molar-refractivity contribution in [2.75, 3.05) is 162 Å². The molecule has 6 aliphatic carbocycles. The van der Waals surface area contributed by atoms with Crippen molar-refractivity contribution in [3.05, 3.63) is 140 Å². The molecule has 4 aromatic rings. The van der Waals surface area contributed by atoms with Gasteiger partial charge in [0.2, 0.25) is 0 Å². The first-order valence-corrected chi connectivity index (χ1v) is 45.3. The molecule has 0 heterocycles. The van der Waals surface area contributed by atoms with Crippen molar-refractivity contribution in [2.45, 2.75) is 229 Å². The minimum absolute atomic E-state index is 0.225. The molecule has 4 N–H and O–H groups in total. The third-order valence-electron chi connectivity index (χ3n) is 24.4. The maximum absolute atomic E-state index is 15.3. The second-order valence-corrected chi connectivity index (χ2v) is 32.7. The first-order valence-electron chi connectivity index (χ1n) is 45.3. The Morgan fingerprint density at radius 3 is 0.532 bits per heavy atom. The van der Waals surface area contributed by atoms with Gasteiger partial charge < -0.3 is 78.8 Å². The summed E-state index contributed by atoms with van der Waals surface area (Å²) in [5.74, 6) is -5.59. The van der Waals surface area contributed by atoms with Crippen molar-refractivity contribution in [3.63, 3.8) is 0 Å². The Morgan fingerprint density at radius 1 is 0.218 bits per heavy atom. The summed E-state index contributed by atoms with van der Waals surface area (Å²) in [5, 5.41) is 12.9. The lowest BCUT2D eigenvalue weighted by molar-refractivity contribution is -0.142. The average molecular weight is 1730 g/mol. The number of carbonyl (C=O) groups excluding carboxylic acids is 12. The number of rotatable bonds is 64. The number of benzene rings is 4. The van der Waals surface area contributed by atoms with E-state index in [0.29, 0.717) is 130 Å². The van der Waals surface area contributed by atoms with E-state index < -0.39 is 23.7 Å². The Balaban J connectivity index is 1.14. The summed E-state index contributed by atoms with van der Waals surface area (Å²) in [5.41, 5.74) is 9.07. The monoisotopic (exact) mass is 1730 g/mol. The van der Waals surface area contributed by atoms with Crippen LogP contribution in [0.2, 0.25) is 0 Å². The number of nitrogens with one attached hydrogen (secondary N) is 4. The molecule has 124 heavy (non-hydrogen) atoms. The van der Waals surface area contributed by atoms with Gasteiger partial charge in [0.25, 0.3) is 23.6 Å². The highest BCUT2D eigenvalue weighted by Crippen LogP contribution is 2.64. The van der Waals surface area contributed by atoms with Gasteiger partial charge in [0, 0.05) is 102 Å². The second-order valence-electron chi connectivity index (χ2n) is 32.7. The van der Waals surface area contributed by atoms with Crippen LogP contribution < -0.4 is 21.3 Å². The van der Waals surface area contributed by atoms with Crippen LogP contribution in [0.3, 0.4) is 0 Å². The smallest absolute Gasteiger partial charge is 0.306 e. The standard InChI is InChI=1S/C96H140N8O20/c1-117-81(105)41-57-101(58-42-82(106)118-2)53-33-21-13-9-17-29-49-97-93(113)77-65-73-74(66-78(77)94(114)98-50-30-18-10-14-22-34-54-102(59-43-83(107)119-3)60-44-84(108)120-4)90-70-38-26-25-37-69(70)89(73)91-71-39-27-28-40-72(71)92(90)76-68-80(96(116)100-52-32-20-12-16-24-36-56-104(63-47-87(111)123-7)64-48-88(112)124-8)79(67-75(76)91)95(115)99-51-31-19-11-15-23-35-55-103(61-45-85(109)121-5)62-46-86(110)122-6/h25-28,37-40,65-68,89-92H,9-24,29-36,41-64H2,1-8H3,(H,97,113)(H,98,114)(H,99,115)(H,100,116). The highest BCUT2D eigenvalue weighted by Gasteiger charge is 2.51. The number of hydrogen-bond donors (Lipinski definition) is 4. The summed E-state index contributed by atoms with van der Waals surface area (Å²) in [6, 6.07) is 24.8. The van der Waals surface area contributed by atoms with E-state index in [9.17, 15) is 38.4 Å². The summed E-state index contributed by atoms with van der Waals surface area (Å²) < 4.78 is 38.9. The van der Waals surface area contributed by atoms with Crippen LogP contribution in [0.5, 0.6) is 0 Å². The van der Waals surface area contributed by atoms with Crippen molar-refractivity contribution in [1.82, 2.24) is 40.9 Å². The normalized spacial score (nSPS) is 14.4. The molecule has 4 unspecified atom stereocenters. The Hall–Kier alpha value is -9.64. The number of methoxy groups -OCH3 is 8. The van der Waals surface area contributed by atoms with Gasteiger partial charge in [-0.3, -0.25) is 57.5 Å². The molecule has 0 saturated carbocycles. The number of amides is 4. The van der Waals surface area contributed by atoms with Gasteiger partial charge in [0.15, 0.2) is 0 Å². The van der Waals surface area contributed by atoms with Crippen LogP contribution in [-0.2, 0) is 76.3 Å². The predicted octanol–water partition coefficient (Wildman–Crippen LogP) is 12.5. The lowest BCUT2D eigenvalue weighted by Gasteiger charge is -2.50. The molecule has 10 rings (SSSR count). The fraction of sp³-hybridized carbons (Fsp3) is 0.625. The zero-order valence-electron chi connectivity index (χ0n) is 75.1. The molecule has 0 saturated heterocycles. The first kappa shape index (κ1) is 101. The van der Waals surface area contributed by atoms with Gasteiger partial charge in [-0.15, -0.1) is 0 Å². The molecule has 0 aromatic heterocycles. The molecule has 4 amide bonds. The van der Waals surface area contributed by atoms with Crippen LogP contribution in [0.4, 0.5) is 0 Å². The Morgan fingerprint density at radius 2 is 0.371 bits per heavy atom. The highest BCUT2D eigenvalue weighted by atomic mass is 16.5. The van der Waals surface area contributed by atoms with Crippen molar-refractivity contribution in [3.8, 4) is 0 Å². The van der Waals surface area contributed by atoms with Crippen LogP contribution >= 0.6 is 0 Å². The molecule has 684 valence electrons. The number of carbonyl (C=O) groups is 12. The van der Waals surface area contributed by atoms with Crippen LogP contribution in [0, 0.1) is 0 Å². The number of nitrogens with zero attached hydrogens (tertiary/aromatic N) is 4. The van der Waals surface area contributed by atoms with Crippen molar-refractivity contribution in [1.29, 1.82) is 0 Å². The topological polar surface area (TPSA) is 340 Å². The molecule has 28 nitrogen and oxygen atoms in total. The van der Waals surface area contributed by atoms with Gasteiger partial charge in [0.05, 0.1) is 130 Å². The lowest BCUT2D eigenvalue weighted by atomic mass is 9.52. The van der Waals surface area contributed by atoms with Gasteiger partial charge in [-0.1, -0.05) is 151 Å². The second kappa shape index (κ2) is 57.1. The summed E-state index contributed by atoms with van der Waals surface area (Å²) in [6.45, 7) is 8.19. The molecule has 4 atom stereocenters. The van der Waals surface area contributed by atoms with Gasteiger partial charge in [-0.2, -0.15) is 0 Å². The molecule has 28 heteroatoms. The summed E-state index contributed by atoms with van der Waals surface area (Å²) in [4.78, 5) is 165. The zero-order chi connectivity index (χ0) is 89.4. The van der Waals surface area contributed by atoms with E-state index in [1.807, 2.05) is 48.5 Å². The fourth-order valence-corrected chi connectivity index (χ4v) is 17.4. The first-order chi connectivity index (χ1) is 60.2. The van der Waals surface area contributed by atoms with Crippen LogP contribution in [0.1, 0.15) is 315 Å². The van der Waals surface area contributed by atoms with E-state index >= 15 is 19.2 Å². The third kappa shape index (κ3) is 33.4. The van der Waals surface area contributed by atoms with E-state index in [1.54, 1.807) is 0 Å². The highest BCUT2D eigenvalue weighted by molar-refractivity contribution is 6.09. The van der Waals surface area contributed by atoms with E-state index in [0.717, 1.165) is 173 Å². The van der Waals surface area contributed by atoms with E-state index in [-0.39, 0.29) is 145 Å². The number of hydrogen-bond acceptors (Lipinski definition) is 24. The third-order valence-corrected chi connectivity index (χ3v) is 24.4. The van der Waals surface area contributed by atoms with Crippen LogP contribution in [0.25, 0.3) is 0 Å². The fourth-order valence-electron chi connectivity index (χ4n) is 17.4. The summed E-state index contributed by atoms with van der Waals surface area (Å²) in [6.07, 6.45) is 22.8. The Bertz CT molecular complexity index is 3490. The van der Waals surface area contributed by atoms with E-state index in [2.05, 4.69) is 65.1 Å². The molecule has 0 spiro atoms. The predicted molar refractivity (Wildman–Crippen MR) is 472 cm³/mol. The van der Waals surface area contributed by atoms with E-state index in [1.165, 1.54) is 56.9 Å². The van der Waals surface area contributed by atoms with Crippen LogP contribution in [-0.4, -0.2) is 253 Å². The minimum Gasteiger partial charge on any atom is -0.469 e. The molecule has 0 radical (unpaired) electrons. The zero-order valence-corrected chi connectivity index (χ0v) is 75.1. The van der Waals surface area contributed by atoms with Crippen LogP contribution in [0.15, 0.2) is 72.8 Å². The average Bonchev–Trinajstić information content (AvgIpc) is 0.682. The number of ether oxygens (including phenoxy) is 8. The maximum atomic E-state index is 15.3. The maximum Gasteiger partial charge on any atom is 0.306 e. The molecule has 4 aromatic carbocycles. The SMILES string of the molecule is COC(=O)CCN(CCCCCCCCNC(=O)c1cc2c(cc1C(=O)NCCCCCCCCN(CCC(=O)OC)CCC(=O)OC)C1c3ccccc3C2C2c3ccccc3C1c1cc(C(=O)NCCCCCCCCN(CCC(=O)OC)CCC(=O)OC)c(C(=O)NCCCCCCCCN(CCC(=O)OC)CCC(=O)OC)cc12)CCC(=O)OC. The van der Waals surface area contributed by atoms with Gasteiger partial charge in [-0.25, -0.2) is 0 Å². The Kier molecular flexibility index (Phi) is 46.7. The summed E-state index contributed by atoms with van der Waals surface area (Å²) in [7, 11) is 10.9. The lowest BCUT2D eigenvalue weighted by Crippen LogP contribution is -2.38. The van der Waals surface area contributed by atoms with Gasteiger partial charge in [-0.05, 0) is 146 Å².